The van der Waals surface area contributed by atoms with E-state index in [1.165, 1.54) is 57.8 Å². The number of allylic oxidation sites excluding steroid dienone is 3. The predicted octanol–water partition coefficient (Wildman–Crippen LogP) is 8.53. The molecule has 168 valence electrons. The third-order valence-corrected chi connectivity index (χ3v) is 9.27. The molecule has 3 heteroatoms. The minimum absolute atomic E-state index is 0.00656. The van der Waals surface area contributed by atoms with E-state index < -0.39 is 0 Å². The van der Waals surface area contributed by atoms with Gasteiger partial charge in [-0.3, -0.25) is 0 Å². The molecule has 0 bridgehead atoms. The van der Waals surface area contributed by atoms with Crippen molar-refractivity contribution in [3.8, 4) is 0 Å². The lowest BCUT2D eigenvalue weighted by Crippen LogP contribution is -2.28. The number of halogens is 2. The van der Waals surface area contributed by atoms with Crippen molar-refractivity contribution in [1.29, 1.82) is 0 Å². The number of rotatable bonds is 5. The van der Waals surface area contributed by atoms with E-state index in [1.54, 1.807) is 0 Å². The second kappa shape index (κ2) is 9.40. The fraction of sp³-hybridized carbons (Fsp3) is 0.643. The van der Waals surface area contributed by atoms with Crippen molar-refractivity contribution in [2.24, 2.45) is 29.6 Å². The van der Waals surface area contributed by atoms with E-state index in [0.717, 1.165) is 53.6 Å². The zero-order valence-corrected chi connectivity index (χ0v) is 19.4. The molecule has 3 fully saturated rings. The summed E-state index contributed by atoms with van der Waals surface area (Å²) in [6, 6.07) is 3.87. The van der Waals surface area contributed by atoms with Crippen molar-refractivity contribution in [2.75, 3.05) is 6.61 Å². The Labute approximate surface area is 192 Å². The van der Waals surface area contributed by atoms with Gasteiger partial charge in [-0.1, -0.05) is 35.9 Å². The molecule has 1 heterocycles. The minimum Gasteiger partial charge on any atom is -0.368 e. The van der Waals surface area contributed by atoms with Gasteiger partial charge in [-0.2, -0.15) is 0 Å². The van der Waals surface area contributed by atoms with Crippen LogP contribution in [0.2, 0.25) is 5.02 Å². The summed E-state index contributed by atoms with van der Waals surface area (Å²) < 4.78 is 20.2. The van der Waals surface area contributed by atoms with Crippen molar-refractivity contribution in [3.05, 3.63) is 52.8 Å². The molecule has 1 aliphatic heterocycles. The predicted molar refractivity (Wildman–Crippen MR) is 127 cm³/mol. The summed E-state index contributed by atoms with van der Waals surface area (Å²) in [5, 5.41) is 0.253. The van der Waals surface area contributed by atoms with Crippen molar-refractivity contribution >= 4 is 17.2 Å². The van der Waals surface area contributed by atoms with Gasteiger partial charge in [-0.25, -0.2) is 4.39 Å². The van der Waals surface area contributed by atoms with Gasteiger partial charge in [-0.15, -0.1) is 6.58 Å². The number of hydrogen-bond acceptors (Lipinski definition) is 1. The van der Waals surface area contributed by atoms with Gasteiger partial charge >= 0.3 is 0 Å². The largest absolute Gasteiger partial charge is 0.368 e. The van der Waals surface area contributed by atoms with E-state index in [1.807, 2.05) is 12.1 Å². The van der Waals surface area contributed by atoms with Crippen molar-refractivity contribution in [1.82, 2.24) is 0 Å². The van der Waals surface area contributed by atoms with Crippen LogP contribution in [0, 0.1) is 35.4 Å². The van der Waals surface area contributed by atoms with Gasteiger partial charge < -0.3 is 4.74 Å². The molecule has 2 unspecified atom stereocenters. The summed E-state index contributed by atoms with van der Waals surface area (Å²) in [6.07, 6.45) is 18.9. The van der Waals surface area contributed by atoms with Crippen molar-refractivity contribution < 1.29 is 9.13 Å². The maximum atomic E-state index is 14.9. The van der Waals surface area contributed by atoms with Crippen LogP contribution in [-0.2, 0) is 4.74 Å². The molecular formula is C28H36ClFO. The van der Waals surface area contributed by atoms with Crippen LogP contribution >= 0.6 is 11.6 Å². The molecule has 31 heavy (non-hydrogen) atoms. The van der Waals surface area contributed by atoms with E-state index >= 15 is 0 Å². The Kier molecular flexibility index (Phi) is 6.58. The summed E-state index contributed by atoms with van der Waals surface area (Å²) >= 11 is 6.31. The second-order valence-electron chi connectivity index (χ2n) is 10.5. The number of hydrogen-bond donors (Lipinski definition) is 0. The Morgan fingerprint density at radius 2 is 1.52 bits per heavy atom. The Morgan fingerprint density at radius 1 is 0.903 bits per heavy atom. The molecule has 0 radical (unpaired) electrons. The van der Waals surface area contributed by atoms with Gasteiger partial charge in [-0.05, 0) is 106 Å². The van der Waals surface area contributed by atoms with E-state index in [9.17, 15) is 4.39 Å². The van der Waals surface area contributed by atoms with Crippen LogP contribution in [0.4, 0.5) is 4.39 Å². The van der Waals surface area contributed by atoms with E-state index in [4.69, 9.17) is 16.3 Å². The molecular weight excluding hydrogens is 407 g/mol. The second-order valence-corrected chi connectivity index (χ2v) is 10.9. The third kappa shape index (κ3) is 4.67. The molecule has 0 aromatic heterocycles. The summed E-state index contributed by atoms with van der Waals surface area (Å²) in [6.45, 7) is 4.65. The maximum absolute atomic E-state index is 14.9. The molecule has 2 atom stereocenters. The van der Waals surface area contributed by atoms with Gasteiger partial charge in [0.1, 0.15) is 11.9 Å². The maximum Gasteiger partial charge on any atom is 0.149 e. The van der Waals surface area contributed by atoms with Crippen LogP contribution in [0.15, 0.2) is 30.9 Å². The van der Waals surface area contributed by atoms with Crippen LogP contribution in [0.5, 0.6) is 0 Å². The average Bonchev–Trinajstić information content (AvgIpc) is 3.67. The van der Waals surface area contributed by atoms with Gasteiger partial charge in [0.15, 0.2) is 0 Å². The first kappa shape index (κ1) is 21.7. The molecule has 3 aliphatic carbocycles. The molecule has 5 rings (SSSR count). The first-order valence-corrected chi connectivity index (χ1v) is 12.9. The summed E-state index contributed by atoms with van der Waals surface area (Å²) in [7, 11) is 0. The summed E-state index contributed by atoms with van der Waals surface area (Å²) in [5.74, 6) is 4.08. The van der Waals surface area contributed by atoms with Crippen LogP contribution < -0.4 is 0 Å². The number of benzene rings is 1. The smallest absolute Gasteiger partial charge is 0.149 e. The Morgan fingerprint density at radius 3 is 2.06 bits per heavy atom. The van der Waals surface area contributed by atoms with Crippen LogP contribution in [-0.4, -0.2) is 6.61 Å². The molecule has 0 N–H and O–H groups in total. The standard InChI is InChI=1S/C28H36ClFO/c1-2-18-3-5-19(6-4-18)20-7-9-21(10-8-20)22-11-13-23(14-12-22)24-15-16-25(26-17-31-26)27(29)28(24)30/h2,13,15-16,18-22,26H,1,3-12,14,17H2. The first-order valence-electron chi connectivity index (χ1n) is 12.6. The lowest BCUT2D eigenvalue weighted by molar-refractivity contribution is 0.128. The van der Waals surface area contributed by atoms with E-state index in [2.05, 4.69) is 18.7 Å². The third-order valence-electron chi connectivity index (χ3n) is 8.89. The lowest BCUT2D eigenvalue weighted by Gasteiger charge is -2.40. The fourth-order valence-corrected chi connectivity index (χ4v) is 7.04. The van der Waals surface area contributed by atoms with Gasteiger partial charge in [0.05, 0.1) is 11.6 Å². The fourth-order valence-electron chi connectivity index (χ4n) is 6.76. The van der Waals surface area contributed by atoms with Crippen molar-refractivity contribution in [3.63, 3.8) is 0 Å². The highest BCUT2D eigenvalue weighted by molar-refractivity contribution is 6.31. The van der Waals surface area contributed by atoms with Crippen LogP contribution in [0.3, 0.4) is 0 Å². The molecule has 4 aliphatic rings. The van der Waals surface area contributed by atoms with Crippen LogP contribution in [0.25, 0.3) is 5.57 Å². The van der Waals surface area contributed by atoms with Gasteiger partial charge in [0.2, 0.25) is 0 Å². The zero-order valence-electron chi connectivity index (χ0n) is 18.6. The zero-order chi connectivity index (χ0) is 21.4. The topological polar surface area (TPSA) is 12.5 Å². The lowest BCUT2D eigenvalue weighted by atomic mass is 9.66. The SMILES string of the molecule is C=CC1CCC(C2CCC(C3CC=C(c4ccc(C5CO5)c(Cl)c4F)CC3)CC2)CC1. The average molecular weight is 443 g/mol. The highest BCUT2D eigenvalue weighted by Gasteiger charge is 2.34. The molecule has 1 nitrogen and oxygen atoms in total. The Hall–Kier alpha value is -1.12. The van der Waals surface area contributed by atoms with E-state index in [-0.39, 0.29) is 16.9 Å². The van der Waals surface area contributed by atoms with Gasteiger partial charge in [0, 0.05) is 11.1 Å². The highest BCUT2D eigenvalue weighted by Crippen LogP contribution is 2.46. The highest BCUT2D eigenvalue weighted by atomic mass is 35.5. The molecule has 2 saturated carbocycles. The number of ether oxygens (including phenoxy) is 1. The molecule has 0 spiro atoms. The molecule has 0 amide bonds. The molecule has 1 aromatic rings. The van der Waals surface area contributed by atoms with Gasteiger partial charge in [0.25, 0.3) is 0 Å². The quantitative estimate of drug-likeness (QED) is 0.328. The van der Waals surface area contributed by atoms with Crippen molar-refractivity contribution in [2.45, 2.75) is 76.7 Å². The minimum atomic E-state index is -0.258. The monoisotopic (exact) mass is 442 g/mol. The number of epoxide rings is 1. The molecule has 1 aromatic carbocycles. The Balaban J connectivity index is 1.15. The van der Waals surface area contributed by atoms with E-state index in [0.29, 0.717) is 12.2 Å². The summed E-state index contributed by atoms with van der Waals surface area (Å²) in [4.78, 5) is 0. The molecule has 1 saturated heterocycles. The first-order chi connectivity index (χ1) is 15.1. The van der Waals surface area contributed by atoms with Crippen LogP contribution in [0.1, 0.15) is 87.9 Å². The Bertz CT molecular complexity index is 826. The normalized spacial score (nSPS) is 36.0. The summed E-state index contributed by atoms with van der Waals surface area (Å²) in [5.41, 5.74) is 2.64.